The average Bonchev–Trinajstić information content (AvgIpc) is 2.73. The molecule has 90 valence electrons. The maximum absolute atomic E-state index is 11.4. The quantitative estimate of drug-likeness (QED) is 0.766. The van der Waals surface area contributed by atoms with Gasteiger partial charge in [-0.05, 0) is 0 Å². The summed E-state index contributed by atoms with van der Waals surface area (Å²) in [7, 11) is 1.28. The van der Waals surface area contributed by atoms with Gasteiger partial charge >= 0.3 is 5.97 Å². The van der Waals surface area contributed by atoms with E-state index in [-0.39, 0.29) is 17.3 Å². The van der Waals surface area contributed by atoms with Crippen LogP contribution < -0.4 is 5.73 Å². The summed E-state index contributed by atoms with van der Waals surface area (Å²) >= 11 is 0. The van der Waals surface area contributed by atoms with Crippen molar-refractivity contribution in [2.24, 2.45) is 0 Å². The van der Waals surface area contributed by atoms with Crippen molar-refractivity contribution in [1.29, 1.82) is 0 Å². The summed E-state index contributed by atoms with van der Waals surface area (Å²) in [5.74, 6) is 0.808. The van der Waals surface area contributed by atoms with Gasteiger partial charge in [0.15, 0.2) is 5.82 Å². The first-order valence-corrected chi connectivity index (χ1v) is 5.14. The van der Waals surface area contributed by atoms with Gasteiger partial charge in [-0.15, -0.1) is 5.10 Å². The summed E-state index contributed by atoms with van der Waals surface area (Å²) < 4.78 is 5.95. The number of nitrogens with two attached hydrogens (primary N) is 1. The van der Waals surface area contributed by atoms with Gasteiger partial charge in [0, 0.05) is 12.1 Å². The Labute approximate surface area is 97.6 Å². The highest BCUT2D eigenvalue weighted by molar-refractivity contribution is 5.94. The van der Waals surface area contributed by atoms with Crippen molar-refractivity contribution in [3.8, 4) is 0 Å². The third-order valence-corrected chi connectivity index (χ3v) is 2.34. The van der Waals surface area contributed by atoms with E-state index >= 15 is 0 Å². The molecule has 2 rings (SSSR count). The lowest BCUT2D eigenvalue weighted by atomic mass is 10.2. The zero-order chi connectivity index (χ0) is 12.6. The number of fused-ring (bicyclic) bond motifs is 1. The van der Waals surface area contributed by atoms with Gasteiger partial charge in [-0.1, -0.05) is 13.8 Å². The fourth-order valence-electron chi connectivity index (χ4n) is 1.38. The van der Waals surface area contributed by atoms with Crippen molar-refractivity contribution in [3.63, 3.8) is 0 Å². The molecule has 0 aliphatic rings. The van der Waals surface area contributed by atoms with E-state index in [1.807, 2.05) is 13.8 Å². The molecule has 7 heteroatoms. The zero-order valence-corrected chi connectivity index (χ0v) is 9.84. The van der Waals surface area contributed by atoms with Gasteiger partial charge in [-0.25, -0.2) is 9.78 Å². The molecule has 0 saturated heterocycles. The molecule has 2 aromatic rings. The maximum Gasteiger partial charge on any atom is 0.343 e. The molecule has 0 aliphatic heterocycles. The molecule has 0 atom stereocenters. The van der Waals surface area contributed by atoms with Gasteiger partial charge < -0.3 is 10.5 Å². The predicted molar refractivity (Wildman–Crippen MR) is 60.6 cm³/mol. The van der Waals surface area contributed by atoms with Crippen LogP contribution in [0.15, 0.2) is 6.20 Å². The molecule has 0 amide bonds. The molecule has 2 aromatic heterocycles. The van der Waals surface area contributed by atoms with Gasteiger partial charge in [0.2, 0.25) is 0 Å². The number of hydrogen-bond donors (Lipinski definition) is 1. The Morgan fingerprint density at radius 2 is 2.24 bits per heavy atom. The monoisotopic (exact) mass is 235 g/mol. The van der Waals surface area contributed by atoms with Crippen LogP contribution in [0.5, 0.6) is 0 Å². The van der Waals surface area contributed by atoms with Crippen LogP contribution in [0.2, 0.25) is 0 Å². The predicted octanol–water partition coefficient (Wildman–Crippen LogP) is 0.616. The Morgan fingerprint density at radius 3 is 2.82 bits per heavy atom. The first-order chi connectivity index (χ1) is 8.04. The molecule has 0 aromatic carbocycles. The van der Waals surface area contributed by atoms with Crippen molar-refractivity contribution in [2.45, 2.75) is 19.8 Å². The van der Waals surface area contributed by atoms with Crippen LogP contribution in [-0.4, -0.2) is 32.7 Å². The second-order valence-corrected chi connectivity index (χ2v) is 3.89. The van der Waals surface area contributed by atoms with Crippen LogP contribution in [0, 0.1) is 0 Å². The number of nitrogens with zero attached hydrogens (tertiary/aromatic N) is 4. The largest absolute Gasteiger partial charge is 0.465 e. The maximum atomic E-state index is 11.4. The molecular weight excluding hydrogens is 222 g/mol. The summed E-state index contributed by atoms with van der Waals surface area (Å²) in [6.07, 6.45) is 1.34. The van der Waals surface area contributed by atoms with E-state index in [9.17, 15) is 4.79 Å². The number of esters is 1. The number of carbonyl (C=O) groups excluding carboxylic acids is 1. The minimum atomic E-state index is -0.543. The molecule has 0 fully saturated rings. The number of nitrogen functional groups attached to an aromatic ring is 1. The Kier molecular flexibility index (Phi) is 2.66. The minimum absolute atomic E-state index is 0.165. The lowest BCUT2D eigenvalue weighted by Crippen LogP contribution is -2.11. The standard InChI is InChI=1S/C10H13N5O2/c1-5(2)8-13-10-12-4-6(9(16)17-3)7(11)15(10)14-8/h4-5H,11H2,1-3H3. The average molecular weight is 235 g/mol. The highest BCUT2D eigenvalue weighted by atomic mass is 16.5. The van der Waals surface area contributed by atoms with Crippen molar-refractivity contribution in [2.75, 3.05) is 12.8 Å². The molecule has 7 nitrogen and oxygen atoms in total. The summed E-state index contributed by atoms with van der Waals surface area (Å²) in [4.78, 5) is 19.6. The third kappa shape index (κ3) is 1.79. The Hall–Kier alpha value is -2.18. The molecule has 0 bridgehead atoms. The molecule has 0 unspecified atom stereocenters. The van der Waals surface area contributed by atoms with Crippen LogP contribution in [-0.2, 0) is 4.74 Å². The number of hydrogen-bond acceptors (Lipinski definition) is 6. The Morgan fingerprint density at radius 1 is 1.53 bits per heavy atom. The van der Waals surface area contributed by atoms with Crippen LogP contribution in [0.4, 0.5) is 5.82 Å². The van der Waals surface area contributed by atoms with Crippen LogP contribution >= 0.6 is 0 Å². The van der Waals surface area contributed by atoms with Crippen LogP contribution in [0.3, 0.4) is 0 Å². The van der Waals surface area contributed by atoms with E-state index in [2.05, 4.69) is 19.8 Å². The van der Waals surface area contributed by atoms with Gasteiger partial charge in [0.1, 0.15) is 11.4 Å². The van der Waals surface area contributed by atoms with Gasteiger partial charge in [-0.2, -0.15) is 9.50 Å². The highest BCUT2D eigenvalue weighted by Gasteiger charge is 2.17. The van der Waals surface area contributed by atoms with E-state index in [0.717, 1.165) is 0 Å². The highest BCUT2D eigenvalue weighted by Crippen LogP contribution is 2.15. The molecular formula is C10H13N5O2. The lowest BCUT2D eigenvalue weighted by molar-refractivity contribution is 0.0601. The van der Waals surface area contributed by atoms with Crippen LogP contribution in [0.1, 0.15) is 35.9 Å². The van der Waals surface area contributed by atoms with E-state index in [1.165, 1.54) is 17.8 Å². The summed E-state index contributed by atoms with van der Waals surface area (Å²) in [5, 5.41) is 4.20. The zero-order valence-electron chi connectivity index (χ0n) is 9.84. The number of carbonyl (C=O) groups is 1. The second-order valence-electron chi connectivity index (χ2n) is 3.89. The Bertz CT molecular complexity index is 575. The number of ether oxygens (including phenoxy) is 1. The molecule has 0 aliphatic carbocycles. The normalized spacial score (nSPS) is 11.1. The molecule has 2 N–H and O–H groups in total. The minimum Gasteiger partial charge on any atom is -0.465 e. The Balaban J connectivity index is 2.62. The van der Waals surface area contributed by atoms with Gasteiger partial charge in [0.05, 0.1) is 7.11 Å². The first kappa shape index (κ1) is 11.3. The van der Waals surface area contributed by atoms with E-state index in [0.29, 0.717) is 11.6 Å². The van der Waals surface area contributed by atoms with Crippen LogP contribution in [0.25, 0.3) is 5.78 Å². The third-order valence-electron chi connectivity index (χ3n) is 2.34. The van der Waals surface area contributed by atoms with E-state index < -0.39 is 5.97 Å². The van der Waals surface area contributed by atoms with Crippen molar-refractivity contribution < 1.29 is 9.53 Å². The fourth-order valence-corrected chi connectivity index (χ4v) is 1.38. The molecule has 0 saturated carbocycles. The summed E-state index contributed by atoms with van der Waals surface area (Å²) in [6.45, 7) is 3.93. The summed E-state index contributed by atoms with van der Waals surface area (Å²) in [6, 6.07) is 0. The first-order valence-electron chi connectivity index (χ1n) is 5.14. The fraction of sp³-hybridized carbons (Fsp3) is 0.400. The van der Waals surface area contributed by atoms with E-state index in [4.69, 9.17) is 5.73 Å². The van der Waals surface area contributed by atoms with Crippen molar-refractivity contribution >= 4 is 17.6 Å². The molecule has 2 heterocycles. The molecule has 0 radical (unpaired) electrons. The van der Waals surface area contributed by atoms with Crippen molar-refractivity contribution in [1.82, 2.24) is 19.6 Å². The topological polar surface area (TPSA) is 95.4 Å². The number of aromatic nitrogens is 4. The van der Waals surface area contributed by atoms with E-state index in [1.54, 1.807) is 0 Å². The number of rotatable bonds is 2. The second kappa shape index (κ2) is 4.00. The summed E-state index contributed by atoms with van der Waals surface area (Å²) in [5.41, 5.74) is 6.01. The van der Waals surface area contributed by atoms with Crippen molar-refractivity contribution in [3.05, 3.63) is 17.6 Å². The molecule has 0 spiro atoms. The van der Waals surface area contributed by atoms with Gasteiger partial charge in [0.25, 0.3) is 5.78 Å². The number of anilines is 1. The number of methoxy groups -OCH3 is 1. The van der Waals surface area contributed by atoms with Gasteiger partial charge in [-0.3, -0.25) is 0 Å². The smallest absolute Gasteiger partial charge is 0.343 e. The molecule has 17 heavy (non-hydrogen) atoms. The SMILES string of the molecule is COC(=O)c1cnc2nc(C(C)C)nn2c1N. The lowest BCUT2D eigenvalue weighted by Gasteiger charge is -2.03.